The summed E-state index contributed by atoms with van der Waals surface area (Å²) in [6, 6.07) is 26.8. The molecule has 0 unspecified atom stereocenters. The third-order valence-corrected chi connectivity index (χ3v) is 11.0. The summed E-state index contributed by atoms with van der Waals surface area (Å²) in [5, 5.41) is 35.1. The number of hydrogen-bond acceptors (Lipinski definition) is 14. The first-order valence-electron chi connectivity index (χ1n) is 17.3. The number of nitrogens with zero attached hydrogens (tertiary/aromatic N) is 12. The summed E-state index contributed by atoms with van der Waals surface area (Å²) < 4.78 is 78.8. The molecule has 22 heteroatoms. The molecule has 0 radical (unpaired) electrons. The van der Waals surface area contributed by atoms with Crippen LogP contribution in [0.25, 0.3) is 69.3 Å². The zero-order valence-electron chi connectivity index (χ0n) is 33.0. The number of aryl methyl sites for hydroxylation is 2. The monoisotopic (exact) mass is 860 g/mol. The molecule has 0 saturated heterocycles. The standard InChI is InChI=1S/C38H32N12O6S2.2Na/c1-23-33(37-41-39-35(47(37)3)27-11-7-5-8-12-27)45-49(43-23)29-19-17-25(31(21-29)57(51,52)53)15-16-26-18-20-30(22-32(26)58(54,55)56)50-44-24(2)34(46-50)38-42-40-36(48(38)4)28-13-9-6-10-14-28;;/h5-22H,1-4H3,(H,51,52,53)(H,54,55,56);;/q;2*+1/p-2/b16-15+;;. The first-order valence-corrected chi connectivity index (χ1v) is 20.2. The molecule has 18 nitrogen and oxygen atoms in total. The molecule has 4 aromatic carbocycles. The minimum atomic E-state index is -5.09. The molecule has 0 N–H and O–H groups in total. The summed E-state index contributed by atoms with van der Waals surface area (Å²) >= 11 is 0. The second kappa shape index (κ2) is 17.5. The van der Waals surface area contributed by atoms with Gasteiger partial charge in [0, 0.05) is 25.2 Å². The molecule has 0 fully saturated rings. The number of hydrogen-bond donors (Lipinski definition) is 0. The van der Waals surface area contributed by atoms with Gasteiger partial charge in [0.1, 0.15) is 20.2 Å². The van der Waals surface area contributed by atoms with Crippen molar-refractivity contribution in [2.24, 2.45) is 14.1 Å². The van der Waals surface area contributed by atoms with E-state index in [0.717, 1.165) is 23.3 Å². The second-order valence-electron chi connectivity index (χ2n) is 13.1. The fourth-order valence-corrected chi connectivity index (χ4v) is 7.71. The number of benzene rings is 4. The Morgan fingerprint density at radius 1 is 0.500 bits per heavy atom. The van der Waals surface area contributed by atoms with E-state index in [0.29, 0.717) is 46.1 Å². The topological polar surface area (TPSA) is 237 Å². The van der Waals surface area contributed by atoms with E-state index in [1.807, 2.05) is 60.7 Å². The van der Waals surface area contributed by atoms with Gasteiger partial charge < -0.3 is 18.2 Å². The predicted molar refractivity (Wildman–Crippen MR) is 208 cm³/mol. The van der Waals surface area contributed by atoms with Gasteiger partial charge in [-0.15, -0.1) is 30.6 Å². The van der Waals surface area contributed by atoms with Gasteiger partial charge in [-0.3, -0.25) is 0 Å². The maximum atomic E-state index is 12.5. The molecular weight excluding hydrogens is 831 g/mol. The van der Waals surface area contributed by atoms with Crippen molar-refractivity contribution in [1.82, 2.24) is 59.5 Å². The van der Waals surface area contributed by atoms with Crippen molar-refractivity contribution in [3.63, 3.8) is 0 Å². The Labute approximate surface area is 388 Å². The fraction of sp³-hybridized carbons (Fsp3) is 0.105. The average Bonchev–Trinajstić information content (AvgIpc) is 3.98. The Balaban J connectivity index is 0.00000302. The normalized spacial score (nSPS) is 11.8. The molecule has 8 rings (SSSR count). The van der Waals surface area contributed by atoms with Crippen LogP contribution in [0.4, 0.5) is 0 Å². The van der Waals surface area contributed by atoms with Crippen LogP contribution in [0, 0.1) is 13.8 Å². The van der Waals surface area contributed by atoms with Gasteiger partial charge in [-0.25, -0.2) is 16.8 Å². The van der Waals surface area contributed by atoms with E-state index in [-0.39, 0.29) is 81.6 Å². The second-order valence-corrected chi connectivity index (χ2v) is 15.8. The van der Waals surface area contributed by atoms with Crippen LogP contribution in [0.2, 0.25) is 0 Å². The zero-order valence-corrected chi connectivity index (χ0v) is 38.7. The summed E-state index contributed by atoms with van der Waals surface area (Å²) in [6.45, 7) is 3.40. The zero-order chi connectivity index (χ0) is 40.9. The molecule has 0 amide bonds. The number of rotatable bonds is 10. The van der Waals surface area contributed by atoms with Crippen molar-refractivity contribution < 1.29 is 85.1 Å². The Kier molecular flexibility index (Phi) is 13.0. The van der Waals surface area contributed by atoms with Crippen molar-refractivity contribution >= 4 is 32.4 Å². The summed E-state index contributed by atoms with van der Waals surface area (Å²) in [7, 11) is -6.61. The summed E-state index contributed by atoms with van der Waals surface area (Å²) in [4.78, 5) is 1.09. The average molecular weight is 861 g/mol. The summed E-state index contributed by atoms with van der Waals surface area (Å²) in [6.07, 6.45) is 2.45. The number of aromatic nitrogens is 12. The van der Waals surface area contributed by atoms with Crippen molar-refractivity contribution in [2.45, 2.75) is 23.6 Å². The molecule has 8 aromatic rings. The van der Waals surface area contributed by atoms with Crippen molar-refractivity contribution in [1.29, 1.82) is 0 Å². The maximum Gasteiger partial charge on any atom is 1.00 e. The third-order valence-electron chi connectivity index (χ3n) is 9.24. The van der Waals surface area contributed by atoms with Crippen molar-refractivity contribution in [2.75, 3.05) is 0 Å². The fourth-order valence-electron chi connectivity index (χ4n) is 6.33. The van der Waals surface area contributed by atoms with Crippen LogP contribution in [0.15, 0.2) is 107 Å². The van der Waals surface area contributed by atoms with Gasteiger partial charge in [0.15, 0.2) is 34.7 Å². The van der Waals surface area contributed by atoms with Crippen molar-refractivity contribution in [3.8, 4) is 57.2 Å². The van der Waals surface area contributed by atoms with Gasteiger partial charge >= 0.3 is 59.1 Å². The van der Waals surface area contributed by atoms with Crippen LogP contribution in [0.1, 0.15) is 22.5 Å². The molecule has 0 bridgehead atoms. The van der Waals surface area contributed by atoms with E-state index in [2.05, 4.69) is 40.8 Å². The molecule has 60 heavy (non-hydrogen) atoms. The van der Waals surface area contributed by atoms with E-state index in [4.69, 9.17) is 0 Å². The summed E-state index contributed by atoms with van der Waals surface area (Å²) in [5.41, 5.74) is 3.52. The summed E-state index contributed by atoms with van der Waals surface area (Å²) in [5.74, 6) is 2.02. The molecule has 0 spiro atoms. The van der Waals surface area contributed by atoms with Gasteiger partial charge in [0.2, 0.25) is 0 Å². The molecule has 0 atom stereocenters. The molecule has 0 aliphatic rings. The van der Waals surface area contributed by atoms with Crippen LogP contribution in [0.3, 0.4) is 0 Å². The first kappa shape index (κ1) is 44.5. The molecule has 4 aromatic heterocycles. The Morgan fingerprint density at radius 3 is 1.20 bits per heavy atom. The Hall–Kier alpha value is -5.00. The van der Waals surface area contributed by atoms with Crippen LogP contribution in [0.5, 0.6) is 0 Å². The van der Waals surface area contributed by atoms with Crippen LogP contribution in [-0.2, 0) is 34.3 Å². The van der Waals surface area contributed by atoms with E-state index >= 15 is 0 Å². The van der Waals surface area contributed by atoms with Gasteiger partial charge in [-0.05, 0) is 49.2 Å². The van der Waals surface area contributed by atoms with Gasteiger partial charge in [-0.1, -0.05) is 84.9 Å². The predicted octanol–water partition coefficient (Wildman–Crippen LogP) is -1.62. The largest absolute Gasteiger partial charge is 1.00 e. The smallest absolute Gasteiger partial charge is 0.744 e. The minimum absolute atomic E-state index is 0. The molecule has 4 heterocycles. The SMILES string of the molecule is Cc1nn(-c2ccc(/C=C/c3ccc(-n4nc(C)c(-c5nnc(-c6ccccc6)n5C)n4)cc3S(=O)(=O)[O-])c(S(=O)(=O)[O-])c2)nc1-c1nnc(-c2ccccc2)n1C.[Na+].[Na+]. The van der Waals surface area contributed by atoms with Crippen LogP contribution < -0.4 is 59.1 Å². The molecular formula is C38H30N12Na2O6S2. The maximum absolute atomic E-state index is 12.5. The van der Waals surface area contributed by atoms with E-state index < -0.39 is 30.0 Å². The minimum Gasteiger partial charge on any atom is -0.744 e. The third kappa shape index (κ3) is 8.75. The quantitative estimate of drug-likeness (QED) is 0.0854. The van der Waals surface area contributed by atoms with Gasteiger partial charge in [0.05, 0.1) is 32.6 Å². The van der Waals surface area contributed by atoms with E-state index in [1.54, 1.807) is 37.1 Å². The van der Waals surface area contributed by atoms with Gasteiger partial charge in [-0.2, -0.15) is 19.8 Å². The molecule has 0 aliphatic heterocycles. The Morgan fingerprint density at radius 2 is 0.850 bits per heavy atom. The van der Waals surface area contributed by atoms with E-state index in [1.165, 1.54) is 46.0 Å². The molecule has 0 saturated carbocycles. The van der Waals surface area contributed by atoms with E-state index in [9.17, 15) is 25.9 Å². The Bertz CT molecular complexity index is 2920. The molecule has 292 valence electrons. The van der Waals surface area contributed by atoms with Crippen LogP contribution >= 0.6 is 0 Å². The van der Waals surface area contributed by atoms with Gasteiger partial charge in [0.25, 0.3) is 0 Å². The molecule has 0 aliphatic carbocycles. The first-order chi connectivity index (χ1) is 27.7. The van der Waals surface area contributed by atoms with Crippen molar-refractivity contribution in [3.05, 3.63) is 120 Å². The van der Waals surface area contributed by atoms with Crippen LogP contribution in [-0.4, -0.2) is 85.5 Å².